The van der Waals surface area contributed by atoms with Gasteiger partial charge in [0.2, 0.25) is 0 Å². The molecule has 1 aliphatic heterocycles. The van der Waals surface area contributed by atoms with Crippen molar-refractivity contribution >= 4 is 0 Å². The van der Waals surface area contributed by atoms with E-state index in [1.54, 1.807) is 0 Å². The number of hydrogen-bond acceptors (Lipinski definition) is 3. The highest BCUT2D eigenvalue weighted by molar-refractivity contribution is 5.18. The van der Waals surface area contributed by atoms with Crippen LogP contribution < -0.4 is 0 Å². The van der Waals surface area contributed by atoms with Crippen molar-refractivity contribution in [1.82, 2.24) is 0 Å². The third-order valence-electron chi connectivity index (χ3n) is 2.14. The van der Waals surface area contributed by atoms with Gasteiger partial charge in [-0.3, -0.25) is 0 Å². The monoisotopic (exact) mass is 180 g/mol. The predicted molar refractivity (Wildman–Crippen MR) is 47.1 cm³/mol. The van der Waals surface area contributed by atoms with Crippen LogP contribution >= 0.6 is 0 Å². The SMILES string of the molecule is O[C@H](c1ccccc1)[C@@H]1COCO1. The molecule has 70 valence electrons. The van der Waals surface area contributed by atoms with Gasteiger partial charge in [-0.2, -0.15) is 0 Å². The van der Waals surface area contributed by atoms with Gasteiger partial charge in [0.1, 0.15) is 19.0 Å². The van der Waals surface area contributed by atoms with Gasteiger partial charge in [0.25, 0.3) is 0 Å². The lowest BCUT2D eigenvalue weighted by atomic mass is 10.1. The molecular formula is C10H12O3. The first-order valence-corrected chi connectivity index (χ1v) is 4.30. The number of aliphatic hydroxyl groups excluding tert-OH is 1. The van der Waals surface area contributed by atoms with E-state index in [1.165, 1.54) is 0 Å². The molecule has 0 spiro atoms. The van der Waals surface area contributed by atoms with Gasteiger partial charge in [-0.1, -0.05) is 30.3 Å². The zero-order valence-electron chi connectivity index (χ0n) is 7.22. The summed E-state index contributed by atoms with van der Waals surface area (Å²) in [6, 6.07) is 9.48. The molecule has 1 heterocycles. The quantitative estimate of drug-likeness (QED) is 0.740. The lowest BCUT2D eigenvalue weighted by Gasteiger charge is -2.15. The standard InChI is InChI=1S/C10H12O3/c11-10(9-6-12-7-13-9)8-4-2-1-3-5-8/h1-5,9-11H,6-7H2/t9-,10+/m0/s1. The Kier molecular flexibility index (Phi) is 2.59. The van der Waals surface area contributed by atoms with Crippen LogP contribution in [-0.4, -0.2) is 24.6 Å². The van der Waals surface area contributed by atoms with Crippen molar-refractivity contribution in [3.05, 3.63) is 35.9 Å². The first-order valence-electron chi connectivity index (χ1n) is 4.30. The molecule has 0 unspecified atom stereocenters. The van der Waals surface area contributed by atoms with Gasteiger partial charge in [0, 0.05) is 0 Å². The summed E-state index contributed by atoms with van der Waals surface area (Å²) in [5.74, 6) is 0. The number of hydrogen-bond donors (Lipinski definition) is 1. The minimum absolute atomic E-state index is 0.220. The van der Waals surface area contributed by atoms with Crippen molar-refractivity contribution in [2.24, 2.45) is 0 Å². The number of aliphatic hydroxyl groups is 1. The van der Waals surface area contributed by atoms with Gasteiger partial charge >= 0.3 is 0 Å². The maximum atomic E-state index is 9.82. The molecule has 0 radical (unpaired) electrons. The Balaban J connectivity index is 2.08. The van der Waals surface area contributed by atoms with E-state index in [0.29, 0.717) is 6.61 Å². The molecule has 2 rings (SSSR count). The Bertz CT molecular complexity index is 254. The molecule has 1 aliphatic rings. The van der Waals surface area contributed by atoms with Crippen molar-refractivity contribution < 1.29 is 14.6 Å². The molecule has 1 aromatic rings. The fraction of sp³-hybridized carbons (Fsp3) is 0.400. The minimum Gasteiger partial charge on any atom is -0.386 e. The lowest BCUT2D eigenvalue weighted by molar-refractivity contribution is -0.0107. The summed E-state index contributed by atoms with van der Waals surface area (Å²) in [6.45, 7) is 0.755. The number of ether oxygens (including phenoxy) is 2. The maximum Gasteiger partial charge on any atom is 0.147 e. The van der Waals surface area contributed by atoms with Crippen LogP contribution in [0.2, 0.25) is 0 Å². The Morgan fingerprint density at radius 3 is 2.69 bits per heavy atom. The van der Waals surface area contributed by atoms with Crippen molar-refractivity contribution in [2.75, 3.05) is 13.4 Å². The minimum atomic E-state index is -0.580. The molecule has 0 saturated carbocycles. The summed E-state index contributed by atoms with van der Waals surface area (Å²) in [7, 11) is 0. The molecule has 0 aromatic heterocycles. The summed E-state index contributed by atoms with van der Waals surface area (Å²) in [5, 5.41) is 9.82. The summed E-state index contributed by atoms with van der Waals surface area (Å²) in [6.07, 6.45) is -0.800. The van der Waals surface area contributed by atoms with Gasteiger partial charge < -0.3 is 14.6 Å². The Labute approximate surface area is 76.9 Å². The van der Waals surface area contributed by atoms with Crippen molar-refractivity contribution in [1.29, 1.82) is 0 Å². The fourth-order valence-electron chi connectivity index (χ4n) is 1.40. The molecule has 2 atom stereocenters. The van der Waals surface area contributed by atoms with Crippen LogP contribution in [-0.2, 0) is 9.47 Å². The molecule has 3 heteroatoms. The van der Waals surface area contributed by atoms with Crippen LogP contribution in [0.4, 0.5) is 0 Å². The van der Waals surface area contributed by atoms with E-state index in [2.05, 4.69) is 0 Å². The van der Waals surface area contributed by atoms with Gasteiger partial charge in [-0.15, -0.1) is 0 Å². The highest BCUT2D eigenvalue weighted by Gasteiger charge is 2.25. The highest BCUT2D eigenvalue weighted by atomic mass is 16.7. The van der Waals surface area contributed by atoms with Crippen molar-refractivity contribution in [3.8, 4) is 0 Å². The molecule has 0 aliphatic carbocycles. The average molecular weight is 180 g/mol. The molecule has 0 bridgehead atoms. The fourth-order valence-corrected chi connectivity index (χ4v) is 1.40. The summed E-state index contributed by atoms with van der Waals surface area (Å²) >= 11 is 0. The van der Waals surface area contributed by atoms with Crippen molar-refractivity contribution in [2.45, 2.75) is 12.2 Å². The number of benzene rings is 1. The molecule has 1 saturated heterocycles. The highest BCUT2D eigenvalue weighted by Crippen LogP contribution is 2.21. The van der Waals surface area contributed by atoms with Crippen LogP contribution in [0.5, 0.6) is 0 Å². The normalized spacial score (nSPS) is 24.5. The van der Waals surface area contributed by atoms with Crippen LogP contribution in [0.25, 0.3) is 0 Å². The van der Waals surface area contributed by atoms with Crippen molar-refractivity contribution in [3.63, 3.8) is 0 Å². The zero-order valence-corrected chi connectivity index (χ0v) is 7.22. The molecule has 13 heavy (non-hydrogen) atoms. The van der Waals surface area contributed by atoms with E-state index in [9.17, 15) is 5.11 Å². The number of rotatable bonds is 2. The molecule has 1 aromatic carbocycles. The van der Waals surface area contributed by atoms with Crippen LogP contribution in [0.1, 0.15) is 11.7 Å². The van der Waals surface area contributed by atoms with Gasteiger partial charge in [-0.05, 0) is 5.56 Å². The van der Waals surface area contributed by atoms with E-state index in [0.717, 1.165) is 5.56 Å². The van der Waals surface area contributed by atoms with Crippen LogP contribution in [0, 0.1) is 0 Å². The maximum absolute atomic E-state index is 9.82. The lowest BCUT2D eigenvalue weighted by Crippen LogP contribution is -2.20. The van der Waals surface area contributed by atoms with Gasteiger partial charge in [-0.25, -0.2) is 0 Å². The smallest absolute Gasteiger partial charge is 0.147 e. The third-order valence-corrected chi connectivity index (χ3v) is 2.14. The molecule has 1 fully saturated rings. The second-order valence-electron chi connectivity index (χ2n) is 3.05. The third kappa shape index (κ3) is 1.88. The molecular weight excluding hydrogens is 168 g/mol. The first kappa shape index (κ1) is 8.69. The second-order valence-corrected chi connectivity index (χ2v) is 3.05. The first-order chi connectivity index (χ1) is 6.38. The largest absolute Gasteiger partial charge is 0.386 e. The van der Waals surface area contributed by atoms with E-state index < -0.39 is 6.10 Å². The molecule has 0 amide bonds. The summed E-state index contributed by atoms with van der Waals surface area (Å²) in [5.41, 5.74) is 0.873. The van der Waals surface area contributed by atoms with E-state index in [-0.39, 0.29) is 12.9 Å². The topological polar surface area (TPSA) is 38.7 Å². The van der Waals surface area contributed by atoms with Crippen LogP contribution in [0.15, 0.2) is 30.3 Å². The Morgan fingerprint density at radius 2 is 2.08 bits per heavy atom. The van der Waals surface area contributed by atoms with E-state index >= 15 is 0 Å². The van der Waals surface area contributed by atoms with E-state index in [4.69, 9.17) is 9.47 Å². The Hall–Kier alpha value is -0.900. The summed E-state index contributed by atoms with van der Waals surface area (Å²) in [4.78, 5) is 0. The molecule has 3 nitrogen and oxygen atoms in total. The zero-order chi connectivity index (χ0) is 9.10. The predicted octanol–water partition coefficient (Wildman–Crippen LogP) is 1.09. The Morgan fingerprint density at radius 1 is 1.31 bits per heavy atom. The van der Waals surface area contributed by atoms with E-state index in [1.807, 2.05) is 30.3 Å². The van der Waals surface area contributed by atoms with Gasteiger partial charge in [0.15, 0.2) is 0 Å². The molecule has 1 N–H and O–H groups in total. The van der Waals surface area contributed by atoms with Gasteiger partial charge in [0.05, 0.1) is 6.61 Å². The summed E-state index contributed by atoms with van der Waals surface area (Å²) < 4.78 is 10.2. The average Bonchev–Trinajstić information content (AvgIpc) is 2.71. The second kappa shape index (κ2) is 3.87. The van der Waals surface area contributed by atoms with Crippen LogP contribution in [0.3, 0.4) is 0 Å².